The Morgan fingerprint density at radius 2 is 1.06 bits per heavy atom. The molecule has 18 heavy (non-hydrogen) atoms. The van der Waals surface area contributed by atoms with Gasteiger partial charge in [0.2, 0.25) is 0 Å². The maximum absolute atomic E-state index is 10.5. The number of aliphatic carboxylic acids is 3. The van der Waals surface area contributed by atoms with Crippen molar-refractivity contribution in [2.24, 2.45) is 0 Å². The van der Waals surface area contributed by atoms with Crippen molar-refractivity contribution in [3.05, 3.63) is 0 Å². The third-order valence-corrected chi connectivity index (χ3v) is 2.37. The zero-order chi connectivity index (χ0) is 14.0. The average molecular weight is 261 g/mol. The Hall–Kier alpha value is -1.63. The molecule has 0 saturated heterocycles. The summed E-state index contributed by atoms with van der Waals surface area (Å²) < 4.78 is 0. The van der Waals surface area contributed by atoms with Crippen molar-refractivity contribution in [1.29, 1.82) is 0 Å². The molecule has 0 saturated carbocycles. The molecule has 7 heteroatoms. The summed E-state index contributed by atoms with van der Waals surface area (Å²) in [4.78, 5) is 33.0. The van der Waals surface area contributed by atoms with Gasteiger partial charge in [-0.1, -0.05) is 0 Å². The molecule has 0 aromatic carbocycles. The molecule has 0 heterocycles. The molecule has 0 bridgehead atoms. The van der Waals surface area contributed by atoms with E-state index in [9.17, 15) is 14.4 Å². The molecular formula is C11H19NO6. The van der Waals surface area contributed by atoms with Crippen molar-refractivity contribution in [1.82, 2.24) is 4.90 Å². The van der Waals surface area contributed by atoms with E-state index in [1.807, 2.05) is 0 Å². The number of carboxylic acid groups (broad SMARTS) is 3. The molecule has 0 unspecified atom stereocenters. The van der Waals surface area contributed by atoms with Crippen molar-refractivity contribution >= 4 is 17.9 Å². The minimum absolute atomic E-state index is 0.0276. The Bertz CT molecular complexity index is 271. The predicted octanol–water partition coefficient (Wildman–Crippen LogP) is 0.493. The third kappa shape index (κ3) is 10.9. The van der Waals surface area contributed by atoms with Crippen LogP contribution in [0.2, 0.25) is 0 Å². The van der Waals surface area contributed by atoms with Crippen molar-refractivity contribution in [2.75, 3.05) is 19.6 Å². The topological polar surface area (TPSA) is 115 Å². The van der Waals surface area contributed by atoms with Gasteiger partial charge in [0, 0.05) is 19.4 Å². The highest BCUT2D eigenvalue weighted by atomic mass is 16.4. The molecule has 0 amide bonds. The van der Waals surface area contributed by atoms with E-state index in [0.29, 0.717) is 32.5 Å². The normalized spacial score (nSPS) is 10.5. The zero-order valence-electron chi connectivity index (χ0n) is 10.2. The van der Waals surface area contributed by atoms with Gasteiger partial charge in [0.1, 0.15) is 0 Å². The molecule has 0 fully saturated rings. The summed E-state index contributed by atoms with van der Waals surface area (Å²) in [7, 11) is 0. The molecule has 7 nitrogen and oxygen atoms in total. The van der Waals surface area contributed by atoms with Crippen LogP contribution >= 0.6 is 0 Å². The minimum Gasteiger partial charge on any atom is -0.481 e. The lowest BCUT2D eigenvalue weighted by Crippen LogP contribution is -2.29. The molecule has 0 aliphatic carbocycles. The minimum atomic E-state index is -0.920. The van der Waals surface area contributed by atoms with E-state index in [-0.39, 0.29) is 19.3 Å². The summed E-state index contributed by atoms with van der Waals surface area (Å²) in [5.41, 5.74) is 0. The first-order valence-corrected chi connectivity index (χ1v) is 5.79. The molecule has 0 spiro atoms. The second-order valence-corrected chi connectivity index (χ2v) is 3.98. The predicted molar refractivity (Wildman–Crippen MR) is 62.4 cm³/mol. The van der Waals surface area contributed by atoms with E-state index >= 15 is 0 Å². The summed E-state index contributed by atoms with van der Waals surface area (Å²) in [5.74, 6) is -2.70. The Morgan fingerprint density at radius 1 is 0.667 bits per heavy atom. The maximum Gasteiger partial charge on any atom is 0.304 e. The van der Waals surface area contributed by atoms with Crippen LogP contribution in [0.3, 0.4) is 0 Å². The number of rotatable bonds is 11. The van der Waals surface area contributed by atoms with Crippen LogP contribution < -0.4 is 0 Å². The van der Waals surface area contributed by atoms with Crippen LogP contribution in [-0.2, 0) is 14.4 Å². The van der Waals surface area contributed by atoms with E-state index < -0.39 is 17.9 Å². The standard InChI is InChI=1S/C11H19NO6/c13-9(14)3-1-6-12(8-5-11(17)18)7-2-4-10(15)16/h1-8H2,(H,13,14)(H,15,16)(H,17,18). The van der Waals surface area contributed by atoms with E-state index in [4.69, 9.17) is 15.3 Å². The highest BCUT2D eigenvalue weighted by molar-refractivity contribution is 5.67. The van der Waals surface area contributed by atoms with Gasteiger partial charge in [-0.3, -0.25) is 14.4 Å². The lowest BCUT2D eigenvalue weighted by Gasteiger charge is -2.20. The maximum atomic E-state index is 10.5. The Labute approximate surface area is 105 Å². The van der Waals surface area contributed by atoms with Crippen LogP contribution in [0.1, 0.15) is 32.1 Å². The fourth-order valence-corrected chi connectivity index (χ4v) is 1.50. The number of hydrogen-bond acceptors (Lipinski definition) is 4. The lowest BCUT2D eigenvalue weighted by molar-refractivity contribution is -0.139. The first kappa shape index (κ1) is 16.4. The van der Waals surface area contributed by atoms with Gasteiger partial charge in [0.25, 0.3) is 0 Å². The van der Waals surface area contributed by atoms with Crippen LogP contribution in [0.5, 0.6) is 0 Å². The smallest absolute Gasteiger partial charge is 0.304 e. The first-order chi connectivity index (χ1) is 8.41. The molecular weight excluding hydrogens is 242 g/mol. The fraction of sp³-hybridized carbons (Fsp3) is 0.727. The lowest BCUT2D eigenvalue weighted by atomic mass is 10.2. The average Bonchev–Trinajstić information content (AvgIpc) is 2.24. The highest BCUT2D eigenvalue weighted by Gasteiger charge is 2.09. The summed E-state index contributed by atoms with van der Waals surface area (Å²) in [6, 6.07) is 0. The number of hydrogen-bond donors (Lipinski definition) is 3. The van der Waals surface area contributed by atoms with Crippen molar-refractivity contribution in [3.8, 4) is 0 Å². The van der Waals surface area contributed by atoms with Crippen LogP contribution in [0.15, 0.2) is 0 Å². The molecule has 3 N–H and O–H groups in total. The van der Waals surface area contributed by atoms with Gasteiger partial charge in [-0.15, -0.1) is 0 Å². The summed E-state index contributed by atoms with van der Waals surface area (Å²) >= 11 is 0. The van der Waals surface area contributed by atoms with Crippen LogP contribution in [0, 0.1) is 0 Å². The molecule has 0 aromatic heterocycles. The Balaban J connectivity index is 3.94. The second kappa shape index (κ2) is 9.41. The molecule has 0 aliphatic rings. The van der Waals surface area contributed by atoms with Crippen LogP contribution in [-0.4, -0.2) is 57.8 Å². The van der Waals surface area contributed by atoms with Crippen molar-refractivity contribution in [3.63, 3.8) is 0 Å². The van der Waals surface area contributed by atoms with E-state index in [1.54, 1.807) is 4.90 Å². The number of carbonyl (C=O) groups is 3. The van der Waals surface area contributed by atoms with Gasteiger partial charge in [-0.25, -0.2) is 0 Å². The van der Waals surface area contributed by atoms with Gasteiger partial charge >= 0.3 is 17.9 Å². The first-order valence-electron chi connectivity index (χ1n) is 5.79. The highest BCUT2D eigenvalue weighted by Crippen LogP contribution is 2.01. The summed E-state index contributed by atoms with van der Waals surface area (Å²) in [6.07, 6.45) is 0.898. The van der Waals surface area contributed by atoms with Gasteiger partial charge in [0.15, 0.2) is 0 Å². The molecule has 0 atom stereocenters. The molecule has 0 rings (SSSR count). The van der Waals surface area contributed by atoms with Crippen molar-refractivity contribution in [2.45, 2.75) is 32.1 Å². The van der Waals surface area contributed by atoms with E-state index in [0.717, 1.165) is 0 Å². The monoisotopic (exact) mass is 261 g/mol. The third-order valence-electron chi connectivity index (χ3n) is 2.37. The molecule has 104 valence electrons. The summed E-state index contributed by atoms with van der Waals surface area (Å²) in [6.45, 7) is 1.26. The van der Waals surface area contributed by atoms with Gasteiger partial charge in [0.05, 0.1) is 6.42 Å². The molecule has 0 radical (unpaired) electrons. The zero-order valence-corrected chi connectivity index (χ0v) is 10.2. The second-order valence-electron chi connectivity index (χ2n) is 3.98. The Morgan fingerprint density at radius 3 is 1.39 bits per heavy atom. The van der Waals surface area contributed by atoms with Gasteiger partial charge in [-0.05, 0) is 25.9 Å². The summed E-state index contributed by atoms with van der Waals surface area (Å²) in [5, 5.41) is 25.6. The SMILES string of the molecule is O=C(O)CCCN(CCCC(=O)O)CCC(=O)O. The fourth-order valence-electron chi connectivity index (χ4n) is 1.50. The van der Waals surface area contributed by atoms with Crippen LogP contribution in [0.25, 0.3) is 0 Å². The number of nitrogens with zero attached hydrogens (tertiary/aromatic N) is 1. The largest absolute Gasteiger partial charge is 0.481 e. The molecule has 0 aliphatic heterocycles. The van der Waals surface area contributed by atoms with Crippen molar-refractivity contribution < 1.29 is 29.7 Å². The Kier molecular flexibility index (Phi) is 8.55. The quantitative estimate of drug-likeness (QED) is 0.495. The molecule has 0 aromatic rings. The van der Waals surface area contributed by atoms with E-state index in [1.165, 1.54) is 0 Å². The van der Waals surface area contributed by atoms with Gasteiger partial charge in [-0.2, -0.15) is 0 Å². The van der Waals surface area contributed by atoms with Crippen LogP contribution in [0.4, 0.5) is 0 Å². The van der Waals surface area contributed by atoms with E-state index in [2.05, 4.69) is 0 Å². The van der Waals surface area contributed by atoms with Gasteiger partial charge < -0.3 is 20.2 Å². The number of carboxylic acids is 3.